The van der Waals surface area contributed by atoms with E-state index in [9.17, 15) is 4.79 Å². The van der Waals surface area contributed by atoms with Crippen molar-refractivity contribution in [3.05, 3.63) is 0 Å². The minimum absolute atomic E-state index is 0. The summed E-state index contributed by atoms with van der Waals surface area (Å²) in [6.07, 6.45) is 6.75. The summed E-state index contributed by atoms with van der Waals surface area (Å²) < 4.78 is 0. The number of likely N-dealkylation sites (N-methyl/N-ethyl adjacent to an activating group) is 1. The third-order valence-corrected chi connectivity index (χ3v) is 4.60. The standard InChI is InChI=1S/C15H28N4O.HI/c1-4-16-14(17-11-13(20)18(2)3)19-10-9-15(12-19)7-5-6-8-15;/h4-12H2,1-3H3,(H,16,17);1H. The second kappa shape index (κ2) is 8.19. The monoisotopic (exact) mass is 408 g/mol. The van der Waals surface area contributed by atoms with Crippen LogP contribution in [0.3, 0.4) is 0 Å². The van der Waals surface area contributed by atoms with Gasteiger partial charge in [0.05, 0.1) is 0 Å². The Morgan fingerprint density at radius 1 is 1.29 bits per heavy atom. The Morgan fingerprint density at radius 2 is 1.95 bits per heavy atom. The first-order valence-corrected chi connectivity index (χ1v) is 7.80. The summed E-state index contributed by atoms with van der Waals surface area (Å²) in [7, 11) is 3.54. The van der Waals surface area contributed by atoms with Gasteiger partial charge < -0.3 is 15.1 Å². The molecule has 2 aliphatic rings. The number of aliphatic imine (C=N–C) groups is 1. The third-order valence-electron chi connectivity index (χ3n) is 4.60. The predicted molar refractivity (Wildman–Crippen MR) is 97.2 cm³/mol. The molecule has 1 spiro atoms. The summed E-state index contributed by atoms with van der Waals surface area (Å²) in [4.78, 5) is 20.1. The van der Waals surface area contributed by atoms with E-state index in [4.69, 9.17) is 0 Å². The Labute approximate surface area is 145 Å². The summed E-state index contributed by atoms with van der Waals surface area (Å²) in [5.41, 5.74) is 0.530. The Bertz CT molecular complexity index is 378. The molecule has 0 aromatic heterocycles. The van der Waals surface area contributed by atoms with Gasteiger partial charge in [0.15, 0.2) is 5.96 Å². The molecular weight excluding hydrogens is 379 g/mol. The molecule has 0 atom stereocenters. The molecule has 1 aliphatic heterocycles. The third kappa shape index (κ3) is 4.72. The summed E-state index contributed by atoms with van der Waals surface area (Å²) in [5, 5.41) is 3.33. The van der Waals surface area contributed by atoms with Gasteiger partial charge in [-0.05, 0) is 31.6 Å². The molecule has 2 fully saturated rings. The molecule has 21 heavy (non-hydrogen) atoms. The van der Waals surface area contributed by atoms with Crippen molar-refractivity contribution in [2.24, 2.45) is 10.4 Å². The topological polar surface area (TPSA) is 47.9 Å². The Hall–Kier alpha value is -0.530. The van der Waals surface area contributed by atoms with E-state index < -0.39 is 0 Å². The number of halogens is 1. The maximum atomic E-state index is 11.7. The molecule has 2 rings (SSSR count). The van der Waals surface area contributed by atoms with Crippen LogP contribution in [0.25, 0.3) is 0 Å². The molecule has 0 aromatic carbocycles. The molecule has 1 saturated carbocycles. The van der Waals surface area contributed by atoms with Crippen molar-refractivity contribution in [1.29, 1.82) is 0 Å². The van der Waals surface area contributed by atoms with Crippen LogP contribution in [0.1, 0.15) is 39.0 Å². The van der Waals surface area contributed by atoms with E-state index in [2.05, 4.69) is 22.1 Å². The molecule has 1 aliphatic carbocycles. The predicted octanol–water partition coefficient (Wildman–Crippen LogP) is 1.92. The highest BCUT2D eigenvalue weighted by Gasteiger charge is 2.41. The van der Waals surface area contributed by atoms with Crippen molar-refractivity contribution < 1.29 is 4.79 Å². The van der Waals surface area contributed by atoms with E-state index >= 15 is 0 Å². The molecule has 5 nitrogen and oxygen atoms in total. The lowest BCUT2D eigenvalue weighted by molar-refractivity contribution is -0.127. The Morgan fingerprint density at radius 3 is 2.52 bits per heavy atom. The smallest absolute Gasteiger partial charge is 0.243 e. The van der Waals surface area contributed by atoms with Crippen molar-refractivity contribution in [3.8, 4) is 0 Å². The zero-order valence-corrected chi connectivity index (χ0v) is 15.9. The van der Waals surface area contributed by atoms with Crippen LogP contribution in [0.5, 0.6) is 0 Å². The molecule has 1 saturated heterocycles. The van der Waals surface area contributed by atoms with Gasteiger partial charge in [0.1, 0.15) is 6.54 Å². The normalized spacial score (nSPS) is 20.5. The van der Waals surface area contributed by atoms with Gasteiger partial charge in [-0.25, -0.2) is 4.99 Å². The Balaban J connectivity index is 0.00000220. The number of guanidine groups is 1. The summed E-state index contributed by atoms with van der Waals surface area (Å²) >= 11 is 0. The molecular formula is C15H29IN4O. The van der Waals surface area contributed by atoms with Crippen molar-refractivity contribution in [2.75, 3.05) is 40.3 Å². The summed E-state index contributed by atoms with van der Waals surface area (Å²) in [6.45, 7) is 5.33. The average molecular weight is 408 g/mol. The number of rotatable bonds is 3. The second-order valence-corrected chi connectivity index (χ2v) is 6.34. The number of nitrogens with one attached hydrogen (secondary N) is 1. The maximum absolute atomic E-state index is 11.7. The summed E-state index contributed by atoms with van der Waals surface area (Å²) in [6, 6.07) is 0. The number of carbonyl (C=O) groups excluding carboxylic acids is 1. The summed E-state index contributed by atoms with van der Waals surface area (Å²) in [5.74, 6) is 0.960. The first-order chi connectivity index (χ1) is 9.56. The second-order valence-electron chi connectivity index (χ2n) is 6.34. The van der Waals surface area contributed by atoms with Crippen molar-refractivity contribution >= 4 is 35.8 Å². The lowest BCUT2D eigenvalue weighted by atomic mass is 9.86. The highest BCUT2D eigenvalue weighted by molar-refractivity contribution is 14.0. The van der Waals surface area contributed by atoms with Crippen LogP contribution in [-0.2, 0) is 4.79 Å². The van der Waals surface area contributed by atoms with Crippen LogP contribution in [0.4, 0.5) is 0 Å². The van der Waals surface area contributed by atoms with Crippen LogP contribution in [-0.4, -0.2) is 61.9 Å². The zero-order valence-electron chi connectivity index (χ0n) is 13.5. The van der Waals surface area contributed by atoms with Crippen LogP contribution in [0, 0.1) is 5.41 Å². The Kier molecular flexibility index (Phi) is 7.23. The molecule has 0 radical (unpaired) electrons. The van der Waals surface area contributed by atoms with Crippen molar-refractivity contribution in [1.82, 2.24) is 15.1 Å². The van der Waals surface area contributed by atoms with Gasteiger partial charge in [-0.3, -0.25) is 4.79 Å². The fraction of sp³-hybridized carbons (Fsp3) is 0.867. The fourth-order valence-corrected chi connectivity index (χ4v) is 3.36. The number of hydrogen-bond acceptors (Lipinski definition) is 2. The zero-order chi connectivity index (χ0) is 14.6. The van der Waals surface area contributed by atoms with E-state index in [1.54, 1.807) is 19.0 Å². The van der Waals surface area contributed by atoms with Crippen LogP contribution >= 0.6 is 24.0 Å². The number of carbonyl (C=O) groups is 1. The van der Waals surface area contributed by atoms with Crippen molar-refractivity contribution in [2.45, 2.75) is 39.0 Å². The molecule has 0 aromatic rings. The van der Waals surface area contributed by atoms with E-state index in [1.165, 1.54) is 32.1 Å². The van der Waals surface area contributed by atoms with Gasteiger partial charge in [-0.1, -0.05) is 12.8 Å². The van der Waals surface area contributed by atoms with Crippen LogP contribution in [0.15, 0.2) is 4.99 Å². The first-order valence-electron chi connectivity index (χ1n) is 7.80. The van der Waals surface area contributed by atoms with Gasteiger partial charge >= 0.3 is 0 Å². The molecule has 0 bridgehead atoms. The number of amides is 1. The molecule has 1 amide bonds. The lowest BCUT2D eigenvalue weighted by Gasteiger charge is -2.26. The van der Waals surface area contributed by atoms with Gasteiger partial charge in [-0.15, -0.1) is 24.0 Å². The molecule has 1 N–H and O–H groups in total. The molecule has 0 unspecified atom stereocenters. The highest BCUT2D eigenvalue weighted by atomic mass is 127. The average Bonchev–Trinajstić information content (AvgIpc) is 3.05. The van der Waals surface area contributed by atoms with Gasteiger partial charge in [-0.2, -0.15) is 0 Å². The maximum Gasteiger partial charge on any atom is 0.243 e. The van der Waals surface area contributed by atoms with E-state index in [1.807, 2.05) is 0 Å². The molecule has 6 heteroatoms. The van der Waals surface area contributed by atoms with E-state index in [-0.39, 0.29) is 36.4 Å². The number of likely N-dealkylation sites (tertiary alicyclic amines) is 1. The van der Waals surface area contributed by atoms with Gasteiger partial charge in [0, 0.05) is 33.7 Å². The van der Waals surface area contributed by atoms with Crippen LogP contribution in [0.2, 0.25) is 0 Å². The minimum Gasteiger partial charge on any atom is -0.357 e. The fourth-order valence-electron chi connectivity index (χ4n) is 3.36. The SMILES string of the molecule is CCNC(=NCC(=O)N(C)C)N1CCC2(CCCC2)C1.I. The first kappa shape index (κ1) is 18.5. The van der Waals surface area contributed by atoms with Crippen LogP contribution < -0.4 is 5.32 Å². The highest BCUT2D eigenvalue weighted by Crippen LogP contribution is 2.45. The van der Waals surface area contributed by atoms with E-state index in [0.717, 1.165) is 25.6 Å². The van der Waals surface area contributed by atoms with Crippen molar-refractivity contribution in [3.63, 3.8) is 0 Å². The minimum atomic E-state index is 0. The van der Waals surface area contributed by atoms with E-state index in [0.29, 0.717) is 5.41 Å². The quantitative estimate of drug-likeness (QED) is 0.441. The number of hydrogen-bond donors (Lipinski definition) is 1. The van der Waals surface area contributed by atoms with Gasteiger partial charge in [0.2, 0.25) is 5.91 Å². The lowest BCUT2D eigenvalue weighted by Crippen LogP contribution is -2.41. The number of nitrogens with zero attached hydrogens (tertiary/aromatic N) is 3. The van der Waals surface area contributed by atoms with Gasteiger partial charge in [0.25, 0.3) is 0 Å². The largest absolute Gasteiger partial charge is 0.357 e. The molecule has 1 heterocycles. The molecule has 122 valence electrons.